The van der Waals surface area contributed by atoms with Crippen LogP contribution in [-0.2, 0) is 28.3 Å². The number of ether oxygens (including phenoxy) is 1. The molecule has 1 aromatic rings. The van der Waals surface area contributed by atoms with Gasteiger partial charge in [-0.15, -0.1) is 0 Å². The van der Waals surface area contributed by atoms with Crippen molar-refractivity contribution in [1.82, 2.24) is 4.72 Å². The first-order valence-electron chi connectivity index (χ1n) is 6.89. The molecule has 1 aromatic carbocycles. The molecule has 21 heavy (non-hydrogen) atoms. The Morgan fingerprint density at radius 1 is 1.38 bits per heavy atom. The molecule has 0 saturated carbocycles. The van der Waals surface area contributed by atoms with Crippen molar-refractivity contribution >= 4 is 11.0 Å². The molecule has 1 aliphatic heterocycles. The Balaban J connectivity index is 2.31. The molecule has 6 heteroatoms. The first-order chi connectivity index (χ1) is 9.63. The quantitative estimate of drug-likeness (QED) is 0.927. The smallest absolute Gasteiger partial charge is 0.296 e. The summed E-state index contributed by atoms with van der Waals surface area (Å²) in [6, 6.07) is 4.54. The van der Waals surface area contributed by atoms with E-state index in [0.717, 1.165) is 0 Å². The second-order valence-corrected chi connectivity index (χ2v) is 8.29. The second-order valence-electron chi connectivity index (χ2n) is 6.29. The minimum absolute atomic E-state index is 0.0152. The molecule has 0 fully saturated rings. The fourth-order valence-electron chi connectivity index (χ4n) is 2.27. The Hall–Kier alpha value is -0.850. The number of benzene rings is 1. The lowest BCUT2D eigenvalue weighted by Crippen LogP contribution is -2.36. The monoisotopic (exact) mass is 317 g/mol. The Kier molecular flexibility index (Phi) is 4.52. The van der Waals surface area contributed by atoms with Gasteiger partial charge in [0.15, 0.2) is 0 Å². The minimum atomic E-state index is -2.97. The Labute approximate surface area is 126 Å². The molecule has 0 unspecified atom stereocenters. The molecule has 0 radical (unpaired) electrons. The first-order valence-corrected chi connectivity index (χ1v) is 8.04. The highest BCUT2D eigenvalue weighted by molar-refractivity contribution is 7.84. The van der Waals surface area contributed by atoms with E-state index in [2.05, 4.69) is 4.72 Å². The Morgan fingerprint density at radius 3 is 2.67 bits per heavy atom. The van der Waals surface area contributed by atoms with E-state index in [0.29, 0.717) is 11.1 Å². The number of hydrogen-bond acceptors (Lipinski definition) is 2. The van der Waals surface area contributed by atoms with Gasteiger partial charge < -0.3 is 4.74 Å². The number of nitrogens with one attached hydrogen (secondary N) is 1. The summed E-state index contributed by atoms with van der Waals surface area (Å²) in [6.07, 6.45) is 0. The standard InChI is InChI=1S/C15H21F2NO2S/c1-10(18-21(19)14(2,3)4)11-6-5-7-13-12(11)8-20-9-15(13,16)17/h5-7,10,18H,8-9H2,1-4H3/t10-,21-/m1/s1. The van der Waals surface area contributed by atoms with Crippen molar-refractivity contribution in [2.24, 2.45) is 0 Å². The van der Waals surface area contributed by atoms with Crippen molar-refractivity contribution in [3.63, 3.8) is 0 Å². The molecule has 1 aliphatic rings. The van der Waals surface area contributed by atoms with E-state index in [-0.39, 0.29) is 18.2 Å². The van der Waals surface area contributed by atoms with Crippen LogP contribution < -0.4 is 4.72 Å². The molecule has 0 aromatic heterocycles. The van der Waals surface area contributed by atoms with Crippen molar-refractivity contribution in [3.05, 3.63) is 34.9 Å². The SMILES string of the molecule is C[C@@H](N[S@](=O)C(C)(C)C)c1cccc2c1COCC2(F)F. The van der Waals surface area contributed by atoms with Crippen molar-refractivity contribution in [3.8, 4) is 0 Å². The van der Waals surface area contributed by atoms with Gasteiger partial charge >= 0.3 is 0 Å². The van der Waals surface area contributed by atoms with Crippen LogP contribution in [0.15, 0.2) is 18.2 Å². The van der Waals surface area contributed by atoms with Crippen molar-refractivity contribution in [1.29, 1.82) is 0 Å². The second kappa shape index (κ2) is 5.74. The molecule has 118 valence electrons. The van der Waals surface area contributed by atoms with Crippen LogP contribution in [-0.4, -0.2) is 15.6 Å². The average Bonchev–Trinajstić information content (AvgIpc) is 2.36. The van der Waals surface area contributed by atoms with E-state index in [1.807, 2.05) is 27.7 Å². The van der Waals surface area contributed by atoms with Crippen LogP contribution in [0.1, 0.15) is 50.4 Å². The summed E-state index contributed by atoms with van der Waals surface area (Å²) in [5.41, 5.74) is 1.23. The van der Waals surface area contributed by atoms with Gasteiger partial charge in [0.25, 0.3) is 5.92 Å². The lowest BCUT2D eigenvalue weighted by atomic mass is 9.92. The Bertz CT molecular complexity index is 555. The molecule has 3 nitrogen and oxygen atoms in total. The predicted molar refractivity (Wildman–Crippen MR) is 79.4 cm³/mol. The Morgan fingerprint density at radius 2 is 2.05 bits per heavy atom. The van der Waals surface area contributed by atoms with Gasteiger partial charge in [0.1, 0.15) is 6.61 Å². The third-order valence-electron chi connectivity index (χ3n) is 3.44. The average molecular weight is 317 g/mol. The van der Waals surface area contributed by atoms with Crippen molar-refractivity contribution < 1.29 is 17.7 Å². The minimum Gasteiger partial charge on any atom is -0.370 e. The lowest BCUT2D eigenvalue weighted by molar-refractivity contribution is -0.103. The topological polar surface area (TPSA) is 38.3 Å². The van der Waals surface area contributed by atoms with E-state index in [1.54, 1.807) is 12.1 Å². The van der Waals surface area contributed by atoms with E-state index < -0.39 is 28.3 Å². The third kappa shape index (κ3) is 3.49. The fourth-order valence-corrected chi connectivity index (χ4v) is 3.08. The van der Waals surface area contributed by atoms with Gasteiger partial charge in [-0.2, -0.15) is 8.78 Å². The molecular weight excluding hydrogens is 296 g/mol. The highest BCUT2D eigenvalue weighted by Crippen LogP contribution is 2.38. The zero-order valence-corrected chi connectivity index (χ0v) is 13.5. The van der Waals surface area contributed by atoms with E-state index in [9.17, 15) is 13.0 Å². The molecule has 0 amide bonds. The largest absolute Gasteiger partial charge is 0.370 e. The van der Waals surface area contributed by atoms with E-state index in [4.69, 9.17) is 4.74 Å². The number of fused-ring (bicyclic) bond motifs is 1. The molecule has 0 spiro atoms. The van der Waals surface area contributed by atoms with Gasteiger partial charge in [0.05, 0.1) is 22.3 Å². The van der Waals surface area contributed by atoms with Crippen LogP contribution in [0, 0.1) is 0 Å². The molecule has 1 N–H and O–H groups in total. The van der Waals surface area contributed by atoms with Gasteiger partial charge in [-0.1, -0.05) is 18.2 Å². The highest BCUT2D eigenvalue weighted by atomic mass is 32.2. The van der Waals surface area contributed by atoms with Gasteiger partial charge in [0.2, 0.25) is 0 Å². The molecule has 0 bridgehead atoms. The summed E-state index contributed by atoms with van der Waals surface area (Å²) in [7, 11) is -1.27. The van der Waals surface area contributed by atoms with Gasteiger partial charge in [0, 0.05) is 11.6 Å². The molecule has 0 aliphatic carbocycles. The number of alkyl halides is 2. The molecular formula is C15H21F2NO2S. The lowest BCUT2D eigenvalue weighted by Gasteiger charge is -2.29. The van der Waals surface area contributed by atoms with Crippen LogP contribution in [0.3, 0.4) is 0 Å². The zero-order valence-electron chi connectivity index (χ0n) is 12.7. The number of hydrogen-bond donors (Lipinski definition) is 1. The predicted octanol–water partition coefficient (Wildman–Crippen LogP) is 3.42. The van der Waals surface area contributed by atoms with E-state index in [1.165, 1.54) is 6.07 Å². The first kappa shape index (κ1) is 16.5. The maximum atomic E-state index is 13.9. The van der Waals surface area contributed by atoms with Gasteiger partial charge in [-0.05, 0) is 38.8 Å². The summed E-state index contributed by atoms with van der Waals surface area (Å²) in [6.45, 7) is 6.99. The normalized spacial score (nSPS) is 20.7. The van der Waals surface area contributed by atoms with Crippen LogP contribution in [0.5, 0.6) is 0 Å². The van der Waals surface area contributed by atoms with Crippen LogP contribution >= 0.6 is 0 Å². The summed E-state index contributed by atoms with van der Waals surface area (Å²) >= 11 is 0. The summed E-state index contributed by atoms with van der Waals surface area (Å²) in [5.74, 6) is -2.97. The molecule has 2 rings (SSSR count). The molecule has 2 atom stereocenters. The van der Waals surface area contributed by atoms with Crippen LogP contribution in [0.4, 0.5) is 8.78 Å². The van der Waals surface area contributed by atoms with Crippen molar-refractivity contribution in [2.75, 3.05) is 6.61 Å². The maximum Gasteiger partial charge on any atom is 0.296 e. The highest BCUT2D eigenvalue weighted by Gasteiger charge is 2.39. The summed E-state index contributed by atoms with van der Waals surface area (Å²) < 4.78 is 47.5. The maximum absolute atomic E-state index is 13.9. The van der Waals surface area contributed by atoms with Gasteiger partial charge in [-0.3, -0.25) is 0 Å². The van der Waals surface area contributed by atoms with Crippen molar-refractivity contribution in [2.45, 2.75) is 51.0 Å². The van der Waals surface area contributed by atoms with Gasteiger partial charge in [-0.25, -0.2) is 8.93 Å². The number of rotatable bonds is 3. The van der Waals surface area contributed by atoms with Crippen LogP contribution in [0.25, 0.3) is 0 Å². The fraction of sp³-hybridized carbons (Fsp3) is 0.600. The zero-order chi connectivity index (χ0) is 15.8. The number of halogens is 2. The third-order valence-corrected chi connectivity index (χ3v) is 5.12. The van der Waals surface area contributed by atoms with E-state index >= 15 is 0 Å². The van der Waals surface area contributed by atoms with Crippen LogP contribution in [0.2, 0.25) is 0 Å². The summed E-state index contributed by atoms with van der Waals surface area (Å²) in [4.78, 5) is 0. The summed E-state index contributed by atoms with van der Waals surface area (Å²) in [5, 5.41) is 0. The molecule has 0 saturated heterocycles. The molecule has 1 heterocycles.